The first kappa shape index (κ1) is 20.9. The van der Waals surface area contributed by atoms with Crippen LogP contribution in [0, 0.1) is 5.92 Å². The zero-order valence-corrected chi connectivity index (χ0v) is 17.2. The third-order valence-corrected chi connectivity index (χ3v) is 6.14. The summed E-state index contributed by atoms with van der Waals surface area (Å²) in [5.74, 6) is -1.69. The van der Waals surface area contributed by atoms with E-state index in [1.807, 2.05) is 24.3 Å². The maximum atomic E-state index is 12.1. The largest absolute Gasteiger partial charge is 0.481 e. The summed E-state index contributed by atoms with van der Waals surface area (Å²) < 4.78 is 5.44. The standard InChI is InChI=1S/C24H26N2O5/c27-22(26-21-11-5-10-19(21)23(28)29)12-13-25-24(30)31-14-20-17-8-3-1-6-15(17)16-7-2-4-9-18(16)20/h1-4,6-9,19-21H,5,10-14H2,(H,25,30)(H,26,27)(H,28,29). The molecule has 0 aliphatic heterocycles. The minimum Gasteiger partial charge on any atom is -0.481 e. The van der Waals surface area contributed by atoms with Gasteiger partial charge in [0.05, 0.1) is 5.92 Å². The minimum atomic E-state index is -0.875. The first-order valence-corrected chi connectivity index (χ1v) is 10.7. The highest BCUT2D eigenvalue weighted by molar-refractivity contribution is 5.80. The van der Waals surface area contributed by atoms with Gasteiger partial charge >= 0.3 is 12.1 Å². The number of fused-ring (bicyclic) bond motifs is 3. The van der Waals surface area contributed by atoms with Gasteiger partial charge in [0.15, 0.2) is 0 Å². The number of hydrogen-bond donors (Lipinski definition) is 3. The van der Waals surface area contributed by atoms with E-state index in [0.29, 0.717) is 12.8 Å². The highest BCUT2D eigenvalue weighted by Gasteiger charge is 2.33. The molecule has 31 heavy (non-hydrogen) atoms. The maximum Gasteiger partial charge on any atom is 0.407 e. The van der Waals surface area contributed by atoms with Gasteiger partial charge in [0.25, 0.3) is 0 Å². The van der Waals surface area contributed by atoms with Crippen molar-refractivity contribution in [2.45, 2.75) is 37.6 Å². The lowest BCUT2D eigenvalue weighted by atomic mass is 9.98. The Morgan fingerprint density at radius 2 is 1.61 bits per heavy atom. The third kappa shape index (κ3) is 4.55. The Kier molecular flexibility index (Phi) is 6.21. The van der Waals surface area contributed by atoms with Crippen LogP contribution in [0.1, 0.15) is 42.7 Å². The predicted molar refractivity (Wildman–Crippen MR) is 115 cm³/mol. The summed E-state index contributed by atoms with van der Waals surface area (Å²) in [5, 5.41) is 14.6. The second kappa shape index (κ2) is 9.20. The van der Waals surface area contributed by atoms with E-state index in [1.165, 1.54) is 0 Å². The number of carboxylic acid groups (broad SMARTS) is 1. The molecule has 2 aliphatic rings. The Morgan fingerprint density at radius 1 is 0.968 bits per heavy atom. The van der Waals surface area contributed by atoms with Crippen LogP contribution >= 0.6 is 0 Å². The van der Waals surface area contributed by atoms with E-state index < -0.39 is 18.0 Å². The number of amides is 2. The number of carbonyl (C=O) groups excluding carboxylic acids is 2. The maximum absolute atomic E-state index is 12.1. The second-order valence-electron chi connectivity index (χ2n) is 8.05. The molecular weight excluding hydrogens is 396 g/mol. The van der Waals surface area contributed by atoms with E-state index >= 15 is 0 Å². The number of carboxylic acids is 1. The van der Waals surface area contributed by atoms with Crippen LogP contribution in [0.5, 0.6) is 0 Å². The molecule has 7 heteroatoms. The number of aliphatic carboxylic acids is 1. The first-order valence-electron chi connectivity index (χ1n) is 10.7. The van der Waals surface area contributed by atoms with Gasteiger partial charge in [0.1, 0.15) is 6.61 Å². The fraction of sp³-hybridized carbons (Fsp3) is 0.375. The molecule has 0 bridgehead atoms. The van der Waals surface area contributed by atoms with Crippen LogP contribution in [-0.4, -0.2) is 42.3 Å². The molecule has 7 nitrogen and oxygen atoms in total. The van der Waals surface area contributed by atoms with Crippen molar-refractivity contribution in [1.29, 1.82) is 0 Å². The van der Waals surface area contributed by atoms with Crippen molar-refractivity contribution in [3.63, 3.8) is 0 Å². The molecule has 2 amide bonds. The van der Waals surface area contributed by atoms with E-state index in [-0.39, 0.29) is 37.4 Å². The summed E-state index contributed by atoms with van der Waals surface area (Å²) in [6, 6.07) is 15.9. The van der Waals surface area contributed by atoms with Gasteiger partial charge in [0, 0.05) is 24.9 Å². The van der Waals surface area contributed by atoms with Gasteiger partial charge in [-0.1, -0.05) is 55.0 Å². The number of rotatable bonds is 7. The van der Waals surface area contributed by atoms with Crippen LogP contribution in [0.2, 0.25) is 0 Å². The Bertz CT molecular complexity index is 944. The van der Waals surface area contributed by atoms with Crippen LogP contribution in [0.4, 0.5) is 4.79 Å². The molecule has 4 rings (SSSR count). The number of carbonyl (C=O) groups is 3. The summed E-state index contributed by atoms with van der Waals surface area (Å²) in [6.45, 7) is 0.349. The second-order valence-corrected chi connectivity index (χ2v) is 8.05. The van der Waals surface area contributed by atoms with Gasteiger partial charge in [0.2, 0.25) is 5.91 Å². The monoisotopic (exact) mass is 422 g/mol. The molecule has 0 heterocycles. The number of alkyl carbamates (subject to hydrolysis) is 1. The molecular formula is C24H26N2O5. The van der Waals surface area contributed by atoms with Crippen molar-refractivity contribution in [3.8, 4) is 11.1 Å². The quantitative estimate of drug-likeness (QED) is 0.635. The van der Waals surface area contributed by atoms with Crippen molar-refractivity contribution in [1.82, 2.24) is 10.6 Å². The minimum absolute atomic E-state index is 0.0169. The lowest BCUT2D eigenvalue weighted by Crippen LogP contribution is -2.41. The molecule has 1 fully saturated rings. The van der Waals surface area contributed by atoms with E-state index in [1.54, 1.807) is 0 Å². The lowest BCUT2D eigenvalue weighted by Gasteiger charge is -2.17. The van der Waals surface area contributed by atoms with E-state index in [0.717, 1.165) is 28.7 Å². The average Bonchev–Trinajstić information content (AvgIpc) is 3.35. The topological polar surface area (TPSA) is 105 Å². The Balaban J connectivity index is 1.24. The van der Waals surface area contributed by atoms with Gasteiger partial charge in [-0.05, 0) is 35.1 Å². The Labute approximate surface area is 180 Å². The molecule has 0 radical (unpaired) electrons. The van der Waals surface area contributed by atoms with Crippen LogP contribution in [0.15, 0.2) is 48.5 Å². The Hall–Kier alpha value is -3.35. The molecule has 2 atom stereocenters. The molecule has 0 aromatic heterocycles. The SMILES string of the molecule is O=C(CCNC(=O)OCC1c2ccccc2-c2ccccc21)NC1CCCC1C(=O)O. The summed E-state index contributed by atoms with van der Waals surface area (Å²) in [5.41, 5.74) is 4.60. The molecule has 3 N–H and O–H groups in total. The van der Waals surface area contributed by atoms with Gasteiger partial charge in [-0.25, -0.2) is 4.79 Å². The molecule has 2 unspecified atom stereocenters. The van der Waals surface area contributed by atoms with E-state index in [2.05, 4.69) is 34.9 Å². The number of ether oxygens (including phenoxy) is 1. The average molecular weight is 422 g/mol. The molecule has 1 saturated carbocycles. The van der Waals surface area contributed by atoms with Crippen LogP contribution in [-0.2, 0) is 14.3 Å². The van der Waals surface area contributed by atoms with Crippen molar-refractivity contribution in [2.24, 2.45) is 5.92 Å². The van der Waals surface area contributed by atoms with Crippen LogP contribution < -0.4 is 10.6 Å². The number of nitrogens with one attached hydrogen (secondary N) is 2. The third-order valence-electron chi connectivity index (χ3n) is 6.14. The van der Waals surface area contributed by atoms with Crippen molar-refractivity contribution >= 4 is 18.0 Å². The van der Waals surface area contributed by atoms with Crippen LogP contribution in [0.25, 0.3) is 11.1 Å². The summed E-state index contributed by atoms with van der Waals surface area (Å²) in [7, 11) is 0. The lowest BCUT2D eigenvalue weighted by molar-refractivity contribution is -0.142. The van der Waals surface area contributed by atoms with Crippen molar-refractivity contribution in [3.05, 3.63) is 59.7 Å². The van der Waals surface area contributed by atoms with Gasteiger partial charge in [-0.3, -0.25) is 9.59 Å². The number of benzene rings is 2. The van der Waals surface area contributed by atoms with Gasteiger partial charge < -0.3 is 20.5 Å². The molecule has 2 aliphatic carbocycles. The predicted octanol–water partition coefficient (Wildman–Crippen LogP) is 3.28. The molecule has 0 spiro atoms. The zero-order valence-electron chi connectivity index (χ0n) is 17.2. The molecule has 162 valence electrons. The number of hydrogen-bond acceptors (Lipinski definition) is 4. The van der Waals surface area contributed by atoms with Crippen LogP contribution in [0.3, 0.4) is 0 Å². The smallest absolute Gasteiger partial charge is 0.407 e. The van der Waals surface area contributed by atoms with Gasteiger partial charge in [-0.15, -0.1) is 0 Å². The fourth-order valence-corrected chi connectivity index (χ4v) is 4.63. The van der Waals surface area contributed by atoms with Crippen molar-refractivity contribution < 1.29 is 24.2 Å². The zero-order chi connectivity index (χ0) is 21.8. The summed E-state index contributed by atoms with van der Waals surface area (Å²) >= 11 is 0. The fourth-order valence-electron chi connectivity index (χ4n) is 4.63. The van der Waals surface area contributed by atoms with E-state index in [9.17, 15) is 19.5 Å². The molecule has 2 aromatic carbocycles. The summed E-state index contributed by atoms with van der Waals surface area (Å²) in [4.78, 5) is 35.4. The Morgan fingerprint density at radius 3 is 2.26 bits per heavy atom. The molecule has 0 saturated heterocycles. The first-order chi connectivity index (χ1) is 15.0. The van der Waals surface area contributed by atoms with E-state index in [4.69, 9.17) is 4.74 Å². The molecule has 2 aromatic rings. The normalized spacial score (nSPS) is 19.4. The van der Waals surface area contributed by atoms with Crippen molar-refractivity contribution in [2.75, 3.05) is 13.2 Å². The summed E-state index contributed by atoms with van der Waals surface area (Å²) in [6.07, 6.45) is 1.55. The highest BCUT2D eigenvalue weighted by atomic mass is 16.5. The highest BCUT2D eigenvalue weighted by Crippen LogP contribution is 2.44. The van der Waals surface area contributed by atoms with Gasteiger partial charge in [-0.2, -0.15) is 0 Å².